The number of halogens is 5. The summed E-state index contributed by atoms with van der Waals surface area (Å²) in [6.07, 6.45) is -3.65. The second-order valence-electron chi connectivity index (χ2n) is 1.35. The van der Waals surface area contributed by atoms with Gasteiger partial charge in [-0.15, -0.1) is 6.58 Å². The van der Waals surface area contributed by atoms with Gasteiger partial charge in [0.15, 0.2) is 5.83 Å². The van der Waals surface area contributed by atoms with Gasteiger partial charge in [-0.25, -0.2) is 8.78 Å². The smallest absolute Gasteiger partial charge is 0.247 e. The highest BCUT2D eigenvalue weighted by Gasteiger charge is 2.32. The van der Waals surface area contributed by atoms with Gasteiger partial charge in [-0.2, -0.15) is 13.2 Å². The van der Waals surface area contributed by atoms with Gasteiger partial charge in [0.1, 0.15) is 6.67 Å². The maximum Gasteiger partial charge on any atom is 0.442 e. The van der Waals surface area contributed by atoms with Crippen molar-refractivity contribution in [3.8, 4) is 0 Å². The summed E-state index contributed by atoms with van der Waals surface area (Å²) in [5.41, 5.74) is 0. The molecule has 0 atom stereocenters. The van der Waals surface area contributed by atoms with E-state index in [9.17, 15) is 22.0 Å². The first kappa shape index (κ1) is 12.8. The first-order valence-corrected chi connectivity index (χ1v) is 2.44. The molecule has 0 aromatic carbocycles. The zero-order valence-corrected chi connectivity index (χ0v) is 5.59. The van der Waals surface area contributed by atoms with Crippen molar-refractivity contribution in [1.29, 1.82) is 0 Å². The van der Waals surface area contributed by atoms with Crippen molar-refractivity contribution in [3.63, 3.8) is 0 Å². The predicted octanol–water partition coefficient (Wildman–Crippen LogP) is 3.17. The van der Waals surface area contributed by atoms with E-state index >= 15 is 0 Å². The molecule has 0 saturated carbocycles. The van der Waals surface area contributed by atoms with Crippen LogP contribution in [0.25, 0.3) is 0 Å². The molecule has 11 heavy (non-hydrogen) atoms. The SMILES string of the molecule is C=C(F)C(F)(F)F.C=CCF. The first-order valence-electron chi connectivity index (χ1n) is 2.44. The van der Waals surface area contributed by atoms with E-state index in [2.05, 4.69) is 6.58 Å². The van der Waals surface area contributed by atoms with E-state index in [-0.39, 0.29) is 0 Å². The van der Waals surface area contributed by atoms with Crippen LogP contribution in [0.1, 0.15) is 0 Å². The summed E-state index contributed by atoms with van der Waals surface area (Å²) in [6.45, 7) is 4.72. The Hall–Kier alpha value is -0.870. The van der Waals surface area contributed by atoms with Gasteiger partial charge in [-0.05, 0) is 0 Å². The van der Waals surface area contributed by atoms with Crippen LogP contribution in [0.5, 0.6) is 0 Å². The van der Waals surface area contributed by atoms with E-state index in [4.69, 9.17) is 0 Å². The van der Waals surface area contributed by atoms with Gasteiger partial charge in [-0.1, -0.05) is 12.7 Å². The Balaban J connectivity index is 0. The van der Waals surface area contributed by atoms with Crippen LogP contribution >= 0.6 is 0 Å². The van der Waals surface area contributed by atoms with Crippen LogP contribution in [-0.2, 0) is 0 Å². The van der Waals surface area contributed by atoms with Gasteiger partial charge in [0, 0.05) is 0 Å². The standard InChI is InChI=1S/C3H2F4.C3H5F/c1-2(4)3(5,6)7;1-2-3-4/h1H2;2H,1,3H2. The van der Waals surface area contributed by atoms with Crippen molar-refractivity contribution in [2.24, 2.45) is 0 Å². The monoisotopic (exact) mass is 174 g/mol. The molecular formula is C6H7F5. The summed E-state index contributed by atoms with van der Waals surface area (Å²) in [4.78, 5) is 0. The van der Waals surface area contributed by atoms with Crippen LogP contribution in [0.2, 0.25) is 0 Å². The van der Waals surface area contributed by atoms with Crippen molar-refractivity contribution in [1.82, 2.24) is 0 Å². The van der Waals surface area contributed by atoms with Gasteiger partial charge < -0.3 is 0 Å². The molecule has 0 fully saturated rings. The van der Waals surface area contributed by atoms with E-state index in [1.165, 1.54) is 6.08 Å². The second kappa shape index (κ2) is 5.88. The van der Waals surface area contributed by atoms with E-state index in [1.54, 1.807) is 0 Å². The molecule has 5 heteroatoms. The lowest BCUT2D eigenvalue weighted by Crippen LogP contribution is -2.05. The Labute approximate surface area is 61.0 Å². The fraction of sp³-hybridized carbons (Fsp3) is 0.333. The molecule has 0 aliphatic heterocycles. The second-order valence-corrected chi connectivity index (χ2v) is 1.35. The number of hydrogen-bond acceptors (Lipinski definition) is 0. The van der Waals surface area contributed by atoms with Crippen LogP contribution in [0, 0.1) is 0 Å². The van der Waals surface area contributed by atoms with E-state index in [1.807, 2.05) is 6.58 Å². The molecule has 0 bridgehead atoms. The highest BCUT2D eigenvalue weighted by atomic mass is 19.4. The van der Waals surface area contributed by atoms with Gasteiger partial charge in [-0.3, -0.25) is 0 Å². The largest absolute Gasteiger partial charge is 0.442 e. The molecule has 0 spiro atoms. The zero-order valence-electron chi connectivity index (χ0n) is 5.59. The van der Waals surface area contributed by atoms with E-state index in [0.29, 0.717) is 0 Å². The molecule has 0 unspecified atom stereocenters. The molecule has 0 aliphatic carbocycles. The Morgan fingerprint density at radius 3 is 1.55 bits per heavy atom. The van der Waals surface area contributed by atoms with Crippen LogP contribution in [0.4, 0.5) is 22.0 Å². The number of alkyl halides is 4. The minimum Gasteiger partial charge on any atom is -0.247 e. The zero-order chi connectivity index (χ0) is 9.49. The van der Waals surface area contributed by atoms with Gasteiger partial charge in [0.2, 0.25) is 0 Å². The lowest BCUT2D eigenvalue weighted by Gasteiger charge is -1.97. The van der Waals surface area contributed by atoms with Crippen LogP contribution in [-0.4, -0.2) is 12.9 Å². The van der Waals surface area contributed by atoms with Crippen LogP contribution in [0.15, 0.2) is 25.1 Å². The fourth-order valence-electron chi connectivity index (χ4n) is 0. The Bertz CT molecular complexity index is 123. The molecule has 0 N–H and O–H groups in total. The van der Waals surface area contributed by atoms with Gasteiger partial charge >= 0.3 is 6.18 Å². The highest BCUT2D eigenvalue weighted by molar-refractivity contribution is 4.88. The Kier molecular flexibility index (Phi) is 6.83. The van der Waals surface area contributed by atoms with Crippen molar-refractivity contribution in [2.75, 3.05) is 6.67 Å². The molecule has 0 nitrogen and oxygen atoms in total. The third-order valence-electron chi connectivity index (χ3n) is 0.417. The lowest BCUT2D eigenvalue weighted by atomic mass is 10.6. The molecule has 0 aromatic heterocycles. The van der Waals surface area contributed by atoms with Crippen LogP contribution in [0.3, 0.4) is 0 Å². The molecular weight excluding hydrogens is 167 g/mol. The van der Waals surface area contributed by atoms with Gasteiger partial charge in [0.05, 0.1) is 0 Å². The summed E-state index contributed by atoms with van der Waals surface area (Å²) < 4.78 is 53.6. The predicted molar refractivity (Wildman–Crippen MR) is 32.5 cm³/mol. The molecule has 0 aromatic rings. The summed E-state index contributed by atoms with van der Waals surface area (Å²) in [6, 6.07) is 0. The van der Waals surface area contributed by atoms with Crippen molar-refractivity contribution >= 4 is 0 Å². The lowest BCUT2D eigenvalue weighted by molar-refractivity contribution is -0.108. The number of rotatable bonds is 1. The Morgan fingerprint density at radius 1 is 1.36 bits per heavy atom. The number of hydrogen-bond donors (Lipinski definition) is 0. The average Bonchev–Trinajstić information content (AvgIpc) is 1.87. The minimum atomic E-state index is -4.86. The van der Waals surface area contributed by atoms with Crippen molar-refractivity contribution < 1.29 is 22.0 Å². The molecule has 0 amide bonds. The third-order valence-corrected chi connectivity index (χ3v) is 0.417. The van der Waals surface area contributed by atoms with Crippen LogP contribution < -0.4 is 0 Å². The molecule has 0 radical (unpaired) electrons. The molecule has 0 saturated heterocycles. The van der Waals surface area contributed by atoms with Gasteiger partial charge in [0.25, 0.3) is 0 Å². The molecule has 0 rings (SSSR count). The molecule has 66 valence electrons. The van der Waals surface area contributed by atoms with Crippen molar-refractivity contribution in [3.05, 3.63) is 25.1 Å². The average molecular weight is 174 g/mol. The van der Waals surface area contributed by atoms with E-state index in [0.717, 1.165) is 0 Å². The maximum atomic E-state index is 10.9. The maximum absolute atomic E-state index is 10.9. The summed E-state index contributed by atoms with van der Waals surface area (Å²) >= 11 is 0. The summed E-state index contributed by atoms with van der Waals surface area (Å²) in [5, 5.41) is 0. The normalized spacial score (nSPS) is 9.55. The third kappa shape index (κ3) is 12.4. The van der Waals surface area contributed by atoms with E-state index < -0.39 is 18.7 Å². The summed E-state index contributed by atoms with van der Waals surface area (Å²) in [7, 11) is 0. The number of allylic oxidation sites excluding steroid dienone is 2. The topological polar surface area (TPSA) is 0 Å². The molecule has 0 heterocycles. The first-order chi connectivity index (χ1) is 4.86. The Morgan fingerprint density at radius 2 is 1.55 bits per heavy atom. The quantitative estimate of drug-likeness (QED) is 0.423. The van der Waals surface area contributed by atoms with Crippen molar-refractivity contribution in [2.45, 2.75) is 6.18 Å². The minimum absolute atomic E-state index is 0.417. The highest BCUT2D eigenvalue weighted by Crippen LogP contribution is 2.23. The molecule has 0 aliphatic rings. The summed E-state index contributed by atoms with van der Waals surface area (Å²) in [5.74, 6) is -2.26. The fourth-order valence-corrected chi connectivity index (χ4v) is 0.